The zero-order valence-electron chi connectivity index (χ0n) is 35.4. The number of rotatable bonds is 41. The van der Waals surface area contributed by atoms with Gasteiger partial charge in [0.25, 0.3) is 6.29 Å². The van der Waals surface area contributed by atoms with Gasteiger partial charge in [-0.3, -0.25) is 9.59 Å². The van der Waals surface area contributed by atoms with Crippen molar-refractivity contribution in [1.82, 2.24) is 0 Å². The van der Waals surface area contributed by atoms with E-state index in [0.29, 0.717) is 17.4 Å². The van der Waals surface area contributed by atoms with Crippen molar-refractivity contribution in [3.63, 3.8) is 0 Å². The van der Waals surface area contributed by atoms with Gasteiger partial charge in [0, 0.05) is 12.8 Å². The fraction of sp³-hybridized carbons (Fsp3) is 0.932. The Kier molecular flexibility index (Phi) is 36.0. The van der Waals surface area contributed by atoms with Crippen LogP contribution < -0.4 is 0 Å². The molecule has 0 aliphatic heterocycles. The Hall–Kier alpha value is -1.71. The first-order valence-corrected chi connectivity index (χ1v) is 22.2. The highest BCUT2D eigenvalue weighted by Gasteiger charge is 2.25. The Bertz CT molecular complexity index is 846. The van der Waals surface area contributed by atoms with Crippen LogP contribution in [0, 0.1) is 0 Å². The van der Waals surface area contributed by atoms with Gasteiger partial charge in [-0.15, -0.1) is 0 Å². The predicted octanol–water partition coefficient (Wildman–Crippen LogP) is 11.3. The first kappa shape index (κ1) is 51.3. The van der Waals surface area contributed by atoms with E-state index in [4.69, 9.17) is 18.9 Å². The molecule has 0 bridgehead atoms. The van der Waals surface area contributed by atoms with Crippen LogP contribution >= 0.6 is 0 Å². The van der Waals surface area contributed by atoms with Crippen molar-refractivity contribution >= 4 is 17.9 Å². The minimum atomic E-state index is -1.50. The molecule has 0 saturated heterocycles. The van der Waals surface area contributed by atoms with Gasteiger partial charge in [0.05, 0.1) is 34.4 Å². The molecule has 9 heteroatoms. The summed E-state index contributed by atoms with van der Waals surface area (Å²) in [6.07, 6.45) is 33.0. The Labute approximate surface area is 326 Å². The van der Waals surface area contributed by atoms with Crippen molar-refractivity contribution < 1.29 is 42.9 Å². The van der Waals surface area contributed by atoms with E-state index < -0.39 is 24.3 Å². The number of unbranched alkanes of at least 4 members (excludes halogenated alkanes) is 26. The zero-order valence-corrected chi connectivity index (χ0v) is 35.4. The number of carbonyl (C=O) groups excluding carboxylic acids is 2. The van der Waals surface area contributed by atoms with Crippen LogP contribution in [0.1, 0.15) is 206 Å². The van der Waals surface area contributed by atoms with Gasteiger partial charge in [-0.05, 0) is 12.8 Å². The van der Waals surface area contributed by atoms with Crippen molar-refractivity contribution in [2.24, 2.45) is 0 Å². The molecule has 0 fully saturated rings. The van der Waals surface area contributed by atoms with Crippen molar-refractivity contribution in [3.05, 3.63) is 0 Å². The zero-order chi connectivity index (χ0) is 39.3. The number of carboxylic acid groups (broad SMARTS) is 1. The van der Waals surface area contributed by atoms with Crippen LogP contribution in [0.3, 0.4) is 0 Å². The Balaban J connectivity index is 4.36. The van der Waals surface area contributed by atoms with Crippen LogP contribution in [0.15, 0.2) is 0 Å². The van der Waals surface area contributed by atoms with Gasteiger partial charge < -0.3 is 28.5 Å². The Morgan fingerprint density at radius 2 is 0.849 bits per heavy atom. The van der Waals surface area contributed by atoms with Crippen LogP contribution in [0.25, 0.3) is 0 Å². The lowest BCUT2D eigenvalue weighted by Crippen LogP contribution is -2.40. The molecule has 0 aromatic carbocycles. The second-order valence-corrected chi connectivity index (χ2v) is 16.4. The van der Waals surface area contributed by atoms with Gasteiger partial charge in [0.1, 0.15) is 13.2 Å². The maximum Gasteiger partial charge on any atom is 0.361 e. The van der Waals surface area contributed by atoms with Crippen LogP contribution in [0.2, 0.25) is 0 Å². The number of carboxylic acids is 1. The maximum atomic E-state index is 12.7. The molecular formula is C44H86NO8+. The molecule has 53 heavy (non-hydrogen) atoms. The molecule has 2 atom stereocenters. The molecule has 0 amide bonds. The van der Waals surface area contributed by atoms with Crippen LogP contribution in [-0.4, -0.2) is 87.4 Å². The monoisotopic (exact) mass is 757 g/mol. The quantitative estimate of drug-likeness (QED) is 0.0284. The third-order valence-electron chi connectivity index (χ3n) is 9.86. The highest BCUT2D eigenvalue weighted by atomic mass is 16.7. The Morgan fingerprint density at radius 1 is 0.491 bits per heavy atom. The van der Waals surface area contributed by atoms with E-state index in [9.17, 15) is 19.5 Å². The predicted molar refractivity (Wildman–Crippen MR) is 217 cm³/mol. The topological polar surface area (TPSA) is 108 Å². The fourth-order valence-corrected chi connectivity index (χ4v) is 6.37. The smallest absolute Gasteiger partial charge is 0.361 e. The summed E-state index contributed by atoms with van der Waals surface area (Å²) in [4.78, 5) is 37.0. The second-order valence-electron chi connectivity index (χ2n) is 16.4. The molecule has 0 rings (SSSR count). The first-order valence-electron chi connectivity index (χ1n) is 22.2. The van der Waals surface area contributed by atoms with E-state index in [1.54, 1.807) is 0 Å². The number of esters is 2. The largest absolute Gasteiger partial charge is 0.477 e. The molecule has 1 N–H and O–H groups in total. The number of likely N-dealkylation sites (N-methyl/N-ethyl adjacent to an activating group) is 1. The summed E-state index contributed by atoms with van der Waals surface area (Å²) in [5.41, 5.74) is 0. The molecule has 314 valence electrons. The van der Waals surface area contributed by atoms with Gasteiger partial charge in [0.15, 0.2) is 6.10 Å². The number of aliphatic carboxylic acids is 1. The average Bonchev–Trinajstić information content (AvgIpc) is 3.11. The van der Waals surface area contributed by atoms with E-state index in [1.165, 1.54) is 141 Å². The summed E-state index contributed by atoms with van der Waals surface area (Å²) >= 11 is 0. The number of carbonyl (C=O) groups is 3. The molecule has 2 unspecified atom stereocenters. The highest BCUT2D eigenvalue weighted by molar-refractivity contribution is 5.71. The van der Waals surface area contributed by atoms with E-state index >= 15 is 0 Å². The summed E-state index contributed by atoms with van der Waals surface area (Å²) in [5.74, 6) is -1.99. The molecule has 0 aromatic rings. The number of nitrogens with zero attached hydrogens (tertiary/aromatic N) is 1. The third-order valence-corrected chi connectivity index (χ3v) is 9.86. The molecule has 0 radical (unpaired) electrons. The number of ether oxygens (including phenoxy) is 4. The van der Waals surface area contributed by atoms with Gasteiger partial charge in [-0.1, -0.05) is 181 Å². The molecule has 0 heterocycles. The number of hydrogen-bond acceptors (Lipinski definition) is 7. The highest BCUT2D eigenvalue weighted by Crippen LogP contribution is 2.16. The summed E-state index contributed by atoms with van der Waals surface area (Å²) in [7, 11) is 5.96. The van der Waals surface area contributed by atoms with Gasteiger partial charge in [-0.25, -0.2) is 4.79 Å². The second kappa shape index (κ2) is 37.2. The van der Waals surface area contributed by atoms with E-state index in [2.05, 4.69) is 13.8 Å². The SMILES string of the molecule is CCCCCCCCCCCCCCCCCCCCC(=O)OC(COC(=O)CCCCCCCCCCCC)COC(OCC[N+](C)(C)C)C(=O)O. The molecule has 0 aromatic heterocycles. The van der Waals surface area contributed by atoms with Gasteiger partial charge >= 0.3 is 17.9 Å². The van der Waals surface area contributed by atoms with Crippen LogP contribution in [-0.2, 0) is 33.3 Å². The third kappa shape index (κ3) is 38.4. The average molecular weight is 757 g/mol. The number of hydrogen-bond donors (Lipinski definition) is 1. The van der Waals surface area contributed by atoms with Gasteiger partial charge in [-0.2, -0.15) is 0 Å². The van der Waals surface area contributed by atoms with E-state index in [1.807, 2.05) is 21.1 Å². The molecule has 0 aliphatic carbocycles. The maximum absolute atomic E-state index is 12.7. The first-order chi connectivity index (χ1) is 25.6. The molecule has 0 aliphatic rings. The summed E-state index contributed by atoms with van der Waals surface area (Å²) < 4.78 is 22.7. The normalized spacial score (nSPS) is 12.8. The van der Waals surface area contributed by atoms with Gasteiger partial charge in [0.2, 0.25) is 0 Å². The lowest BCUT2D eigenvalue weighted by molar-refractivity contribution is -0.870. The van der Waals surface area contributed by atoms with E-state index in [0.717, 1.165) is 38.5 Å². The minimum Gasteiger partial charge on any atom is -0.477 e. The molecule has 9 nitrogen and oxygen atoms in total. The molecular weight excluding hydrogens is 670 g/mol. The summed E-state index contributed by atoms with van der Waals surface area (Å²) in [5, 5.41) is 9.61. The molecule has 0 spiro atoms. The Morgan fingerprint density at radius 3 is 1.21 bits per heavy atom. The van der Waals surface area contributed by atoms with Crippen molar-refractivity contribution in [3.8, 4) is 0 Å². The fourth-order valence-electron chi connectivity index (χ4n) is 6.37. The minimum absolute atomic E-state index is 0.174. The molecule has 0 saturated carbocycles. The standard InChI is InChI=1S/C44H85NO8/c1-6-8-10-12-14-16-18-19-20-21-22-23-24-25-27-29-31-33-35-42(47)53-40(39-52-44(43(48)49)50-37-36-45(3,4)5)38-51-41(46)34-32-30-28-26-17-15-13-11-9-7-2/h40,44H,6-39H2,1-5H3/p+1. The lowest BCUT2D eigenvalue weighted by Gasteiger charge is -2.25. The summed E-state index contributed by atoms with van der Waals surface area (Å²) in [6.45, 7) is 4.88. The van der Waals surface area contributed by atoms with E-state index in [-0.39, 0.29) is 32.2 Å². The van der Waals surface area contributed by atoms with Crippen molar-refractivity contribution in [1.29, 1.82) is 0 Å². The van der Waals surface area contributed by atoms with Crippen molar-refractivity contribution in [2.75, 3.05) is 47.5 Å². The van der Waals surface area contributed by atoms with Crippen molar-refractivity contribution in [2.45, 2.75) is 219 Å². The summed E-state index contributed by atoms with van der Waals surface area (Å²) in [6, 6.07) is 0. The van der Waals surface area contributed by atoms with Crippen LogP contribution in [0.4, 0.5) is 0 Å². The van der Waals surface area contributed by atoms with Crippen LogP contribution in [0.5, 0.6) is 0 Å². The lowest BCUT2D eigenvalue weighted by atomic mass is 10.0. The number of quaternary nitrogens is 1.